The molecule has 0 radical (unpaired) electrons. The molecule has 1 amide bonds. The van der Waals surface area contributed by atoms with E-state index in [1.54, 1.807) is 24.4 Å². The van der Waals surface area contributed by atoms with E-state index in [1.807, 2.05) is 36.6 Å². The molecule has 0 aliphatic carbocycles. The summed E-state index contributed by atoms with van der Waals surface area (Å²) in [6.45, 7) is 1.87. The van der Waals surface area contributed by atoms with E-state index in [1.165, 1.54) is 29.2 Å². The number of hydrogen-bond acceptors (Lipinski definition) is 7. The Morgan fingerprint density at radius 1 is 1.21 bits per heavy atom. The van der Waals surface area contributed by atoms with E-state index >= 15 is 0 Å². The van der Waals surface area contributed by atoms with Gasteiger partial charge < -0.3 is 5.32 Å². The van der Waals surface area contributed by atoms with Crippen LogP contribution in [0.2, 0.25) is 0 Å². The van der Waals surface area contributed by atoms with Gasteiger partial charge in [0.2, 0.25) is 0 Å². The highest BCUT2D eigenvalue weighted by Crippen LogP contribution is 2.37. The summed E-state index contributed by atoms with van der Waals surface area (Å²) in [6.07, 6.45) is 1.65. The normalized spacial score (nSPS) is 10.8. The molecule has 4 rings (SSSR count). The van der Waals surface area contributed by atoms with Gasteiger partial charge in [-0.15, -0.1) is 11.3 Å². The van der Waals surface area contributed by atoms with Gasteiger partial charge in [-0.25, -0.2) is 4.98 Å². The third-order valence-electron chi connectivity index (χ3n) is 4.09. The number of carbonyl (C=O) groups excluding carboxylic acids is 1. The molecule has 0 aliphatic rings. The molecule has 0 aliphatic heterocycles. The van der Waals surface area contributed by atoms with Gasteiger partial charge in [0, 0.05) is 34.3 Å². The number of aryl methyl sites for hydroxylation is 1. The number of para-hydroxylation sites is 1. The molecule has 0 atom stereocenters. The smallest absolute Gasteiger partial charge is 0.284 e. The number of amides is 1. The maximum Gasteiger partial charge on any atom is 0.284 e. The minimum Gasteiger partial charge on any atom is -0.320 e. The highest BCUT2D eigenvalue weighted by Gasteiger charge is 2.20. The van der Waals surface area contributed by atoms with Crippen molar-refractivity contribution in [3.63, 3.8) is 0 Å². The molecular weight excluding hydrogens is 408 g/mol. The maximum absolute atomic E-state index is 12.7. The zero-order chi connectivity index (χ0) is 20.4. The van der Waals surface area contributed by atoms with Gasteiger partial charge in [0.25, 0.3) is 11.6 Å². The summed E-state index contributed by atoms with van der Waals surface area (Å²) in [6, 6.07) is 13.6. The van der Waals surface area contributed by atoms with E-state index in [-0.39, 0.29) is 11.3 Å². The summed E-state index contributed by atoms with van der Waals surface area (Å²) in [5.74, 6) is -0.437. The van der Waals surface area contributed by atoms with Gasteiger partial charge in [0.1, 0.15) is 0 Å². The monoisotopic (exact) mass is 422 g/mol. The van der Waals surface area contributed by atoms with Gasteiger partial charge >= 0.3 is 0 Å². The molecule has 2 aromatic carbocycles. The van der Waals surface area contributed by atoms with Gasteiger partial charge in [0.05, 0.1) is 21.0 Å². The molecule has 0 fully saturated rings. The SMILES string of the molecule is Cc1csc(Sc2ccc(C(=O)Nc3cccc4cccnc34)cc2[N+](=O)[O-])n1. The predicted molar refractivity (Wildman–Crippen MR) is 114 cm³/mol. The first kappa shape index (κ1) is 19.0. The molecule has 2 aromatic heterocycles. The third kappa shape index (κ3) is 4.10. The maximum atomic E-state index is 12.7. The summed E-state index contributed by atoms with van der Waals surface area (Å²) in [5, 5.41) is 17.1. The van der Waals surface area contributed by atoms with Gasteiger partial charge in [-0.2, -0.15) is 0 Å². The molecule has 0 saturated carbocycles. The number of carbonyl (C=O) groups is 1. The fourth-order valence-corrected chi connectivity index (χ4v) is 4.64. The van der Waals surface area contributed by atoms with Crippen molar-refractivity contribution in [2.45, 2.75) is 16.2 Å². The summed E-state index contributed by atoms with van der Waals surface area (Å²) >= 11 is 2.63. The van der Waals surface area contributed by atoms with E-state index in [2.05, 4.69) is 15.3 Å². The van der Waals surface area contributed by atoms with Crippen LogP contribution in [-0.2, 0) is 0 Å². The number of benzene rings is 2. The van der Waals surface area contributed by atoms with Crippen LogP contribution in [0, 0.1) is 17.0 Å². The lowest BCUT2D eigenvalue weighted by atomic mass is 10.1. The first-order valence-electron chi connectivity index (χ1n) is 8.55. The van der Waals surface area contributed by atoms with Crippen LogP contribution in [0.15, 0.2) is 69.3 Å². The van der Waals surface area contributed by atoms with Crippen LogP contribution in [0.1, 0.15) is 16.1 Å². The molecule has 0 saturated heterocycles. The number of nitro benzene ring substituents is 1. The zero-order valence-corrected chi connectivity index (χ0v) is 16.8. The van der Waals surface area contributed by atoms with Crippen molar-refractivity contribution in [1.82, 2.24) is 9.97 Å². The van der Waals surface area contributed by atoms with E-state index in [9.17, 15) is 14.9 Å². The fourth-order valence-electron chi connectivity index (χ4n) is 2.76. The molecular formula is C20H14N4O3S2. The van der Waals surface area contributed by atoms with E-state index in [4.69, 9.17) is 0 Å². The second kappa shape index (κ2) is 7.98. The van der Waals surface area contributed by atoms with Crippen molar-refractivity contribution in [1.29, 1.82) is 0 Å². The molecule has 29 heavy (non-hydrogen) atoms. The van der Waals surface area contributed by atoms with Crippen molar-refractivity contribution in [3.05, 3.63) is 81.5 Å². The van der Waals surface area contributed by atoms with Crippen LogP contribution in [-0.4, -0.2) is 20.8 Å². The number of fused-ring (bicyclic) bond motifs is 1. The lowest BCUT2D eigenvalue weighted by Crippen LogP contribution is -2.12. The molecule has 4 aromatic rings. The highest BCUT2D eigenvalue weighted by atomic mass is 32.2. The molecule has 9 heteroatoms. The largest absolute Gasteiger partial charge is 0.320 e. The zero-order valence-electron chi connectivity index (χ0n) is 15.2. The number of thiazole rings is 1. The summed E-state index contributed by atoms with van der Waals surface area (Å²) in [5.41, 5.74) is 2.13. The van der Waals surface area contributed by atoms with E-state index in [0.29, 0.717) is 20.4 Å². The molecule has 1 N–H and O–H groups in total. The molecule has 2 heterocycles. The minimum atomic E-state index is -0.487. The fraction of sp³-hybridized carbons (Fsp3) is 0.0500. The second-order valence-corrected chi connectivity index (χ2v) is 8.28. The number of aromatic nitrogens is 2. The van der Waals surface area contributed by atoms with Gasteiger partial charge in [-0.3, -0.25) is 19.9 Å². The van der Waals surface area contributed by atoms with Crippen LogP contribution < -0.4 is 5.32 Å². The first-order chi connectivity index (χ1) is 14.0. The Morgan fingerprint density at radius 2 is 2.03 bits per heavy atom. The van der Waals surface area contributed by atoms with E-state index in [0.717, 1.165) is 11.1 Å². The predicted octanol–water partition coefficient (Wildman–Crippen LogP) is 5.31. The quantitative estimate of drug-likeness (QED) is 0.346. The summed E-state index contributed by atoms with van der Waals surface area (Å²) < 4.78 is 0.713. The van der Waals surface area contributed by atoms with Crippen molar-refractivity contribution < 1.29 is 9.72 Å². The molecule has 7 nitrogen and oxygen atoms in total. The van der Waals surface area contributed by atoms with Gasteiger partial charge in [-0.1, -0.05) is 30.0 Å². The van der Waals surface area contributed by atoms with Crippen LogP contribution in [0.3, 0.4) is 0 Å². The Labute approximate surface area is 174 Å². The standard InChI is InChI=1S/C20H14N4O3S2/c1-12-11-28-20(22-12)29-17-8-7-14(10-16(17)24(26)27)19(25)23-15-6-2-4-13-5-3-9-21-18(13)15/h2-11H,1H3,(H,23,25). The van der Waals surface area contributed by atoms with Gasteiger partial charge in [-0.05, 0) is 31.2 Å². The van der Waals surface area contributed by atoms with Crippen LogP contribution in [0.5, 0.6) is 0 Å². The van der Waals surface area contributed by atoms with Gasteiger partial charge in [0.15, 0.2) is 4.34 Å². The lowest BCUT2D eigenvalue weighted by Gasteiger charge is -2.09. The number of nitro groups is 1. The lowest BCUT2D eigenvalue weighted by molar-refractivity contribution is -0.387. The number of nitrogens with zero attached hydrogens (tertiary/aromatic N) is 3. The Kier molecular flexibility index (Phi) is 5.24. The molecule has 0 spiro atoms. The van der Waals surface area contributed by atoms with Crippen molar-refractivity contribution in [2.75, 3.05) is 5.32 Å². The Bertz CT molecular complexity index is 1230. The number of rotatable bonds is 5. The summed E-state index contributed by atoms with van der Waals surface area (Å²) in [4.78, 5) is 32.9. The van der Waals surface area contributed by atoms with E-state index < -0.39 is 10.8 Å². The van der Waals surface area contributed by atoms with Crippen molar-refractivity contribution >= 4 is 51.3 Å². The van der Waals surface area contributed by atoms with Crippen molar-refractivity contribution in [2.24, 2.45) is 0 Å². The van der Waals surface area contributed by atoms with Crippen LogP contribution in [0.25, 0.3) is 10.9 Å². The second-order valence-electron chi connectivity index (χ2n) is 6.13. The average molecular weight is 422 g/mol. The Balaban J connectivity index is 1.63. The average Bonchev–Trinajstić information content (AvgIpc) is 3.13. The number of hydrogen-bond donors (Lipinski definition) is 1. The molecule has 0 bridgehead atoms. The highest BCUT2D eigenvalue weighted by molar-refractivity contribution is 8.01. The number of anilines is 1. The Morgan fingerprint density at radius 3 is 2.79 bits per heavy atom. The topological polar surface area (TPSA) is 98.0 Å². The molecule has 144 valence electrons. The summed E-state index contributed by atoms with van der Waals surface area (Å²) in [7, 11) is 0. The van der Waals surface area contributed by atoms with Crippen LogP contribution >= 0.6 is 23.1 Å². The third-order valence-corrected chi connectivity index (χ3v) is 6.22. The number of nitrogens with one attached hydrogen (secondary N) is 1. The van der Waals surface area contributed by atoms with Crippen molar-refractivity contribution in [3.8, 4) is 0 Å². The first-order valence-corrected chi connectivity index (χ1v) is 10.2. The minimum absolute atomic E-state index is 0.133. The Hall–Kier alpha value is -3.30. The number of pyridine rings is 1. The van der Waals surface area contributed by atoms with Crippen LogP contribution in [0.4, 0.5) is 11.4 Å². The molecule has 0 unspecified atom stereocenters.